The fraction of sp³-hybridized carbons (Fsp3) is 0.179. The smallest absolute Gasteiger partial charge is 0.185 e. The van der Waals surface area contributed by atoms with Crippen molar-refractivity contribution in [3.8, 4) is 5.75 Å². The number of hydrogen-bond acceptors (Lipinski definition) is 3. The summed E-state index contributed by atoms with van der Waals surface area (Å²) in [5.74, 6) is 0.826. The highest BCUT2D eigenvalue weighted by Crippen LogP contribution is 2.14. The maximum Gasteiger partial charge on any atom is 0.185 e. The molecule has 0 spiro atoms. The van der Waals surface area contributed by atoms with Crippen LogP contribution in [0.2, 0.25) is 0 Å². The van der Waals surface area contributed by atoms with Crippen LogP contribution in [0.4, 0.5) is 0 Å². The highest BCUT2D eigenvalue weighted by Gasteiger charge is 2.00. The normalized spacial score (nSPS) is 10.8. The molecule has 0 fully saturated rings. The molecule has 0 aromatic heterocycles. The molecule has 0 radical (unpaired) electrons. The lowest BCUT2D eigenvalue weighted by Gasteiger charge is -2.07. The topological polar surface area (TPSA) is 35.5 Å². The second kappa shape index (κ2) is 12.3. The molecule has 0 atom stereocenters. The number of ether oxygens (including phenoxy) is 2. The fourth-order valence-corrected chi connectivity index (χ4v) is 2.98. The summed E-state index contributed by atoms with van der Waals surface area (Å²) in [5, 5.41) is 0. The van der Waals surface area contributed by atoms with Crippen LogP contribution in [0.25, 0.3) is 12.2 Å². The minimum Gasteiger partial charge on any atom is -0.494 e. The van der Waals surface area contributed by atoms with Gasteiger partial charge >= 0.3 is 0 Å². The van der Waals surface area contributed by atoms with E-state index >= 15 is 0 Å². The number of unbranched alkanes of at least 4 members (excludes halogenated alkanes) is 1. The summed E-state index contributed by atoms with van der Waals surface area (Å²) in [5.41, 5.74) is 3.94. The van der Waals surface area contributed by atoms with Crippen LogP contribution in [0, 0.1) is 0 Å². The second-order valence-electron chi connectivity index (χ2n) is 7.19. The van der Waals surface area contributed by atoms with Gasteiger partial charge in [-0.1, -0.05) is 85.5 Å². The van der Waals surface area contributed by atoms with E-state index < -0.39 is 0 Å². The Labute approximate surface area is 184 Å². The van der Waals surface area contributed by atoms with Crippen LogP contribution in [0.1, 0.15) is 39.9 Å². The summed E-state index contributed by atoms with van der Waals surface area (Å²) < 4.78 is 11.5. The van der Waals surface area contributed by atoms with Crippen molar-refractivity contribution in [3.63, 3.8) is 0 Å². The standard InChI is InChI=1S/C28H28O3/c1-2-23-10-12-25(13-11-23)22-30-20-6-7-21-31-27-17-14-24(15-18-27)16-19-28(29)26-8-4-3-5-9-26/h2-5,8-19H,1,6-7,20-22H2. The van der Waals surface area contributed by atoms with Gasteiger partial charge in [0, 0.05) is 12.2 Å². The molecule has 0 amide bonds. The Bertz CT molecular complexity index is 971. The third kappa shape index (κ3) is 7.72. The first-order valence-electron chi connectivity index (χ1n) is 10.5. The Morgan fingerprint density at radius 1 is 0.806 bits per heavy atom. The number of rotatable bonds is 12. The van der Waals surface area contributed by atoms with Crippen LogP contribution in [0.3, 0.4) is 0 Å². The third-order valence-electron chi connectivity index (χ3n) is 4.80. The molecular formula is C28H28O3. The van der Waals surface area contributed by atoms with Gasteiger partial charge in [0.25, 0.3) is 0 Å². The number of hydrogen-bond donors (Lipinski definition) is 0. The quantitative estimate of drug-likeness (QED) is 0.191. The van der Waals surface area contributed by atoms with Crippen LogP contribution < -0.4 is 4.74 Å². The van der Waals surface area contributed by atoms with Gasteiger partial charge in [-0.25, -0.2) is 0 Å². The molecule has 0 heterocycles. The first-order valence-corrected chi connectivity index (χ1v) is 10.5. The summed E-state index contributed by atoms with van der Waals surface area (Å²) in [6.07, 6.45) is 7.14. The number of allylic oxidation sites excluding steroid dienone is 1. The number of carbonyl (C=O) groups is 1. The predicted octanol–water partition coefficient (Wildman–Crippen LogP) is 6.60. The summed E-state index contributed by atoms with van der Waals surface area (Å²) >= 11 is 0. The molecule has 0 saturated heterocycles. The summed E-state index contributed by atoms with van der Waals surface area (Å²) in [6.45, 7) is 5.75. The summed E-state index contributed by atoms with van der Waals surface area (Å²) in [4.78, 5) is 12.1. The van der Waals surface area contributed by atoms with E-state index in [2.05, 4.69) is 18.7 Å². The van der Waals surface area contributed by atoms with Crippen molar-refractivity contribution in [2.45, 2.75) is 19.4 Å². The van der Waals surface area contributed by atoms with Crippen LogP contribution >= 0.6 is 0 Å². The molecular weight excluding hydrogens is 384 g/mol. The van der Waals surface area contributed by atoms with Crippen molar-refractivity contribution in [2.75, 3.05) is 13.2 Å². The average Bonchev–Trinajstić information content (AvgIpc) is 2.83. The van der Waals surface area contributed by atoms with E-state index in [0.717, 1.165) is 29.7 Å². The monoisotopic (exact) mass is 412 g/mol. The summed E-state index contributed by atoms with van der Waals surface area (Å²) in [7, 11) is 0. The highest BCUT2D eigenvalue weighted by molar-refractivity contribution is 6.06. The first-order chi connectivity index (χ1) is 15.2. The molecule has 0 aliphatic heterocycles. The van der Waals surface area contributed by atoms with Crippen LogP contribution in [-0.2, 0) is 11.3 Å². The Balaban J connectivity index is 1.30. The lowest BCUT2D eigenvalue weighted by molar-refractivity contribution is 0.104. The Morgan fingerprint density at radius 3 is 2.19 bits per heavy atom. The van der Waals surface area contributed by atoms with Gasteiger partial charge in [0.05, 0.1) is 13.2 Å². The van der Waals surface area contributed by atoms with Gasteiger partial charge in [-0.05, 0) is 47.7 Å². The van der Waals surface area contributed by atoms with Gasteiger partial charge in [0.2, 0.25) is 0 Å². The maximum absolute atomic E-state index is 12.1. The number of ketones is 1. The molecule has 3 heteroatoms. The van der Waals surface area contributed by atoms with Gasteiger partial charge in [0.15, 0.2) is 5.78 Å². The molecule has 3 aromatic rings. The molecule has 3 nitrogen and oxygen atoms in total. The van der Waals surface area contributed by atoms with Crippen molar-refractivity contribution in [1.82, 2.24) is 0 Å². The lowest BCUT2D eigenvalue weighted by Crippen LogP contribution is -2.01. The van der Waals surface area contributed by atoms with E-state index in [4.69, 9.17) is 9.47 Å². The molecule has 0 N–H and O–H groups in total. The zero-order chi connectivity index (χ0) is 21.7. The van der Waals surface area contributed by atoms with Crippen LogP contribution in [0.5, 0.6) is 5.75 Å². The minimum atomic E-state index is -0.00285. The van der Waals surface area contributed by atoms with E-state index in [-0.39, 0.29) is 5.78 Å². The molecule has 158 valence electrons. The first kappa shape index (κ1) is 22.3. The molecule has 0 unspecified atom stereocenters. The zero-order valence-electron chi connectivity index (χ0n) is 17.7. The van der Waals surface area contributed by atoms with E-state index in [1.165, 1.54) is 5.56 Å². The SMILES string of the molecule is C=Cc1ccc(COCCCCOc2ccc(C=CC(=O)c3ccccc3)cc2)cc1. The molecule has 3 rings (SSSR count). The summed E-state index contributed by atoms with van der Waals surface area (Å²) in [6, 6.07) is 25.2. The predicted molar refractivity (Wildman–Crippen MR) is 127 cm³/mol. The molecule has 0 aliphatic carbocycles. The van der Waals surface area contributed by atoms with Crippen molar-refractivity contribution < 1.29 is 14.3 Å². The van der Waals surface area contributed by atoms with Gasteiger partial charge in [0.1, 0.15) is 5.75 Å². The van der Waals surface area contributed by atoms with Crippen molar-refractivity contribution in [3.05, 3.63) is 114 Å². The van der Waals surface area contributed by atoms with Gasteiger partial charge < -0.3 is 9.47 Å². The molecule has 0 bridgehead atoms. The Kier molecular flexibility index (Phi) is 8.84. The van der Waals surface area contributed by atoms with Crippen LogP contribution in [-0.4, -0.2) is 19.0 Å². The Hall–Kier alpha value is -3.43. The fourth-order valence-electron chi connectivity index (χ4n) is 2.98. The lowest BCUT2D eigenvalue weighted by atomic mass is 10.1. The van der Waals surface area contributed by atoms with Crippen LogP contribution in [0.15, 0.2) is 91.5 Å². The molecule has 0 saturated carbocycles. The van der Waals surface area contributed by atoms with Gasteiger partial charge in [-0.15, -0.1) is 0 Å². The average molecular weight is 413 g/mol. The number of benzene rings is 3. The van der Waals surface area contributed by atoms with Gasteiger partial charge in [-0.3, -0.25) is 4.79 Å². The Morgan fingerprint density at radius 2 is 1.48 bits per heavy atom. The van der Waals surface area contributed by atoms with Crippen molar-refractivity contribution in [1.29, 1.82) is 0 Å². The highest BCUT2D eigenvalue weighted by atomic mass is 16.5. The minimum absolute atomic E-state index is 0.00285. The second-order valence-corrected chi connectivity index (χ2v) is 7.19. The molecule has 3 aromatic carbocycles. The van der Waals surface area contributed by atoms with E-state index in [1.807, 2.05) is 78.9 Å². The van der Waals surface area contributed by atoms with E-state index in [1.54, 1.807) is 6.08 Å². The van der Waals surface area contributed by atoms with E-state index in [9.17, 15) is 4.79 Å². The van der Waals surface area contributed by atoms with Crippen molar-refractivity contribution in [2.24, 2.45) is 0 Å². The van der Waals surface area contributed by atoms with Crippen molar-refractivity contribution >= 4 is 17.9 Å². The third-order valence-corrected chi connectivity index (χ3v) is 4.80. The zero-order valence-corrected chi connectivity index (χ0v) is 17.7. The largest absolute Gasteiger partial charge is 0.494 e. The number of carbonyl (C=O) groups excluding carboxylic acids is 1. The van der Waals surface area contributed by atoms with E-state index in [0.29, 0.717) is 25.4 Å². The maximum atomic E-state index is 12.1. The van der Waals surface area contributed by atoms with Gasteiger partial charge in [-0.2, -0.15) is 0 Å². The molecule has 31 heavy (non-hydrogen) atoms. The molecule has 0 aliphatic rings.